The Labute approximate surface area is 85.5 Å². The monoisotopic (exact) mass is 203 g/mol. The van der Waals surface area contributed by atoms with Crippen LogP contribution in [-0.2, 0) is 6.42 Å². The maximum absolute atomic E-state index is 10.9. The highest BCUT2D eigenvalue weighted by Crippen LogP contribution is 2.07. The largest absolute Gasteiger partial charge is 0.366 e. The molecule has 1 aromatic carbocycles. The van der Waals surface area contributed by atoms with Gasteiger partial charge in [0.15, 0.2) is 5.82 Å². The number of rotatable bonds is 3. The second-order valence-corrected chi connectivity index (χ2v) is 3.09. The molecule has 6 heteroatoms. The van der Waals surface area contributed by atoms with E-state index in [2.05, 4.69) is 20.6 Å². The van der Waals surface area contributed by atoms with Gasteiger partial charge in [-0.2, -0.15) is 0 Å². The number of hydrogen-bond donors (Lipinski definition) is 2. The summed E-state index contributed by atoms with van der Waals surface area (Å²) >= 11 is 0. The maximum atomic E-state index is 10.9. The van der Waals surface area contributed by atoms with Crippen LogP contribution in [0.1, 0.15) is 21.7 Å². The SMILES string of the molecule is NC(=O)c1cccc(Cc2nnn[nH]2)c1. The first-order chi connectivity index (χ1) is 7.25. The second-order valence-electron chi connectivity index (χ2n) is 3.09. The van der Waals surface area contributed by atoms with Crippen molar-refractivity contribution in [1.82, 2.24) is 20.6 Å². The molecule has 0 unspecified atom stereocenters. The summed E-state index contributed by atoms with van der Waals surface area (Å²) in [4.78, 5) is 10.9. The van der Waals surface area contributed by atoms with E-state index in [1.165, 1.54) is 0 Å². The zero-order chi connectivity index (χ0) is 10.7. The molecule has 0 atom stereocenters. The Bertz CT molecular complexity index is 465. The molecule has 1 heterocycles. The third-order valence-electron chi connectivity index (χ3n) is 1.97. The van der Waals surface area contributed by atoms with Crippen LogP contribution in [0.5, 0.6) is 0 Å². The smallest absolute Gasteiger partial charge is 0.248 e. The van der Waals surface area contributed by atoms with E-state index < -0.39 is 5.91 Å². The van der Waals surface area contributed by atoms with Gasteiger partial charge in [-0.1, -0.05) is 12.1 Å². The molecule has 1 aromatic heterocycles. The van der Waals surface area contributed by atoms with E-state index in [-0.39, 0.29) is 0 Å². The molecule has 0 aliphatic carbocycles. The highest BCUT2D eigenvalue weighted by molar-refractivity contribution is 5.92. The average molecular weight is 203 g/mol. The number of nitrogens with two attached hydrogens (primary N) is 1. The number of nitrogens with one attached hydrogen (secondary N) is 1. The molecule has 6 nitrogen and oxygen atoms in total. The van der Waals surface area contributed by atoms with Gasteiger partial charge in [-0.05, 0) is 28.1 Å². The van der Waals surface area contributed by atoms with Crippen molar-refractivity contribution < 1.29 is 4.79 Å². The van der Waals surface area contributed by atoms with Crippen molar-refractivity contribution in [3.8, 4) is 0 Å². The number of tetrazole rings is 1. The molecule has 0 saturated carbocycles. The number of benzene rings is 1. The lowest BCUT2D eigenvalue weighted by Gasteiger charge is -1.99. The van der Waals surface area contributed by atoms with Gasteiger partial charge in [0.25, 0.3) is 0 Å². The Hall–Kier alpha value is -2.24. The first kappa shape index (κ1) is 9.32. The predicted molar refractivity (Wildman–Crippen MR) is 51.9 cm³/mol. The van der Waals surface area contributed by atoms with E-state index in [1.807, 2.05) is 6.07 Å². The number of carbonyl (C=O) groups excluding carboxylic acids is 1. The topological polar surface area (TPSA) is 97.6 Å². The van der Waals surface area contributed by atoms with Gasteiger partial charge >= 0.3 is 0 Å². The number of H-pyrrole nitrogens is 1. The highest BCUT2D eigenvalue weighted by atomic mass is 16.1. The van der Waals surface area contributed by atoms with Gasteiger partial charge in [-0.15, -0.1) is 5.10 Å². The minimum atomic E-state index is -0.437. The highest BCUT2D eigenvalue weighted by Gasteiger charge is 2.03. The van der Waals surface area contributed by atoms with Gasteiger partial charge in [-0.3, -0.25) is 4.79 Å². The molecule has 1 amide bonds. The molecular formula is C9H9N5O. The minimum Gasteiger partial charge on any atom is -0.366 e. The lowest BCUT2D eigenvalue weighted by atomic mass is 10.1. The second kappa shape index (κ2) is 3.87. The molecule has 0 fully saturated rings. The number of nitrogens with zero attached hydrogens (tertiary/aromatic N) is 3. The van der Waals surface area contributed by atoms with Crippen LogP contribution >= 0.6 is 0 Å². The van der Waals surface area contributed by atoms with E-state index >= 15 is 0 Å². The van der Waals surface area contributed by atoms with Gasteiger partial charge in [0.1, 0.15) is 0 Å². The van der Waals surface area contributed by atoms with Crippen LogP contribution < -0.4 is 5.73 Å². The summed E-state index contributed by atoms with van der Waals surface area (Å²) in [7, 11) is 0. The Morgan fingerprint density at radius 3 is 3.00 bits per heavy atom. The Morgan fingerprint density at radius 2 is 2.33 bits per heavy atom. The summed E-state index contributed by atoms with van der Waals surface area (Å²) < 4.78 is 0. The van der Waals surface area contributed by atoms with Gasteiger partial charge < -0.3 is 5.73 Å². The molecule has 15 heavy (non-hydrogen) atoms. The summed E-state index contributed by atoms with van der Waals surface area (Å²) in [6, 6.07) is 7.06. The van der Waals surface area contributed by atoms with E-state index in [4.69, 9.17) is 5.73 Å². The summed E-state index contributed by atoms with van der Waals surface area (Å²) in [6.07, 6.45) is 0.550. The number of hydrogen-bond acceptors (Lipinski definition) is 4. The number of amides is 1. The van der Waals surface area contributed by atoms with Crippen molar-refractivity contribution in [2.75, 3.05) is 0 Å². The van der Waals surface area contributed by atoms with Crippen LogP contribution in [0.3, 0.4) is 0 Å². The fraction of sp³-hybridized carbons (Fsp3) is 0.111. The lowest BCUT2D eigenvalue weighted by Crippen LogP contribution is -2.11. The third-order valence-corrected chi connectivity index (χ3v) is 1.97. The molecule has 3 N–H and O–H groups in total. The van der Waals surface area contributed by atoms with E-state index in [9.17, 15) is 4.79 Å². The van der Waals surface area contributed by atoms with Crippen molar-refractivity contribution in [3.63, 3.8) is 0 Å². The zero-order valence-corrected chi connectivity index (χ0v) is 7.84. The molecule has 0 bridgehead atoms. The molecule has 0 spiro atoms. The van der Waals surface area contributed by atoms with Crippen molar-refractivity contribution in [2.45, 2.75) is 6.42 Å². The number of carbonyl (C=O) groups is 1. The van der Waals surface area contributed by atoms with E-state index in [1.54, 1.807) is 18.2 Å². The molecule has 0 saturated heterocycles. The van der Waals surface area contributed by atoms with Gasteiger partial charge in [-0.25, -0.2) is 5.10 Å². The molecular weight excluding hydrogens is 194 g/mol. The van der Waals surface area contributed by atoms with Crippen LogP contribution in [-0.4, -0.2) is 26.5 Å². The van der Waals surface area contributed by atoms with E-state index in [0.717, 1.165) is 5.56 Å². The summed E-state index contributed by atoms with van der Waals surface area (Å²) in [5, 5.41) is 13.3. The predicted octanol–water partition coefficient (Wildman–Crippen LogP) is -0.111. The van der Waals surface area contributed by atoms with Crippen molar-refractivity contribution in [2.24, 2.45) is 5.73 Å². The van der Waals surface area contributed by atoms with Crippen LogP contribution in [0.15, 0.2) is 24.3 Å². The molecule has 0 radical (unpaired) electrons. The van der Waals surface area contributed by atoms with Crippen LogP contribution in [0.25, 0.3) is 0 Å². The first-order valence-corrected chi connectivity index (χ1v) is 4.37. The minimum absolute atomic E-state index is 0.437. The molecule has 2 aromatic rings. The molecule has 0 aliphatic rings. The fourth-order valence-electron chi connectivity index (χ4n) is 1.28. The Balaban J connectivity index is 2.22. The first-order valence-electron chi connectivity index (χ1n) is 4.37. The molecule has 76 valence electrons. The van der Waals surface area contributed by atoms with Crippen LogP contribution in [0, 0.1) is 0 Å². The molecule has 0 aliphatic heterocycles. The zero-order valence-electron chi connectivity index (χ0n) is 7.84. The Morgan fingerprint density at radius 1 is 1.47 bits per heavy atom. The van der Waals surface area contributed by atoms with Crippen LogP contribution in [0.4, 0.5) is 0 Å². The quantitative estimate of drug-likeness (QED) is 0.727. The number of aromatic amines is 1. The normalized spacial score (nSPS) is 10.1. The lowest BCUT2D eigenvalue weighted by molar-refractivity contribution is 0.1000. The van der Waals surface area contributed by atoms with Crippen LogP contribution in [0.2, 0.25) is 0 Å². The standard InChI is InChI=1S/C9H9N5O/c10-9(15)7-3-1-2-6(4-7)5-8-11-13-14-12-8/h1-4H,5H2,(H2,10,15)(H,11,12,13,14). The summed E-state index contributed by atoms with van der Waals surface area (Å²) in [5.74, 6) is 0.212. The Kier molecular flexibility index (Phi) is 2.40. The number of primary amides is 1. The van der Waals surface area contributed by atoms with Gasteiger partial charge in [0, 0.05) is 12.0 Å². The van der Waals surface area contributed by atoms with E-state index in [0.29, 0.717) is 17.8 Å². The van der Waals surface area contributed by atoms with Crippen molar-refractivity contribution >= 4 is 5.91 Å². The van der Waals surface area contributed by atoms with Gasteiger partial charge in [0.05, 0.1) is 0 Å². The number of aromatic nitrogens is 4. The molecule has 2 rings (SSSR count). The fourth-order valence-corrected chi connectivity index (χ4v) is 1.28. The third kappa shape index (κ3) is 2.16. The van der Waals surface area contributed by atoms with Gasteiger partial charge in [0.2, 0.25) is 5.91 Å². The summed E-state index contributed by atoms with van der Waals surface area (Å²) in [5.41, 5.74) is 6.59. The van der Waals surface area contributed by atoms with Crippen molar-refractivity contribution in [3.05, 3.63) is 41.2 Å². The van der Waals surface area contributed by atoms with Crippen molar-refractivity contribution in [1.29, 1.82) is 0 Å². The maximum Gasteiger partial charge on any atom is 0.248 e. The average Bonchev–Trinajstić information content (AvgIpc) is 2.71. The summed E-state index contributed by atoms with van der Waals surface area (Å²) in [6.45, 7) is 0.